The van der Waals surface area contributed by atoms with Crippen LogP contribution >= 0.6 is 11.6 Å². The Labute approximate surface area is 119 Å². The Balaban J connectivity index is 1.58. The zero-order valence-electron chi connectivity index (χ0n) is 11.3. The van der Waals surface area contributed by atoms with E-state index in [0.29, 0.717) is 17.0 Å². The van der Waals surface area contributed by atoms with Gasteiger partial charge in [-0.05, 0) is 70.5 Å². The van der Waals surface area contributed by atoms with Crippen molar-refractivity contribution in [3.63, 3.8) is 0 Å². The van der Waals surface area contributed by atoms with Crippen molar-refractivity contribution in [2.75, 3.05) is 32.7 Å². The molecule has 1 saturated heterocycles. The Morgan fingerprint density at radius 1 is 1.21 bits per heavy atom. The van der Waals surface area contributed by atoms with Gasteiger partial charge in [0.1, 0.15) is 5.82 Å². The van der Waals surface area contributed by atoms with E-state index in [0.717, 1.165) is 19.5 Å². The maximum Gasteiger partial charge on any atom is 0.127 e. The zero-order valence-corrected chi connectivity index (χ0v) is 12.1. The highest BCUT2D eigenvalue weighted by Crippen LogP contribution is 2.18. The van der Waals surface area contributed by atoms with Crippen LogP contribution < -0.4 is 5.32 Å². The van der Waals surface area contributed by atoms with Gasteiger partial charge in [-0.1, -0.05) is 17.7 Å². The quantitative estimate of drug-likeness (QED) is 0.774. The van der Waals surface area contributed by atoms with Crippen molar-refractivity contribution in [1.82, 2.24) is 10.2 Å². The van der Waals surface area contributed by atoms with E-state index in [2.05, 4.69) is 10.2 Å². The number of likely N-dealkylation sites (tertiary alicyclic amines) is 1. The molecule has 0 unspecified atom stereocenters. The second-order valence-electron chi connectivity index (χ2n) is 5.10. The summed E-state index contributed by atoms with van der Waals surface area (Å²) in [6, 6.07) is 4.85. The maximum atomic E-state index is 13.5. The van der Waals surface area contributed by atoms with E-state index >= 15 is 0 Å². The van der Waals surface area contributed by atoms with Gasteiger partial charge in [-0.2, -0.15) is 0 Å². The Morgan fingerprint density at radius 3 is 2.74 bits per heavy atom. The topological polar surface area (TPSA) is 15.3 Å². The summed E-state index contributed by atoms with van der Waals surface area (Å²) in [6.45, 7) is 5.45. The largest absolute Gasteiger partial charge is 0.316 e. The van der Waals surface area contributed by atoms with Crippen LogP contribution in [0.3, 0.4) is 0 Å². The molecule has 1 aliphatic rings. The Hall–Kier alpha value is -0.640. The third-order valence-electron chi connectivity index (χ3n) is 3.64. The highest BCUT2D eigenvalue weighted by atomic mass is 35.5. The summed E-state index contributed by atoms with van der Waals surface area (Å²) in [5, 5.41) is 3.89. The molecule has 0 bridgehead atoms. The molecular formula is C15H22ClFN2. The van der Waals surface area contributed by atoms with E-state index in [1.807, 2.05) is 0 Å². The molecule has 19 heavy (non-hydrogen) atoms. The summed E-state index contributed by atoms with van der Waals surface area (Å²) in [4.78, 5) is 2.51. The number of hydrogen-bond donors (Lipinski definition) is 1. The van der Waals surface area contributed by atoms with E-state index in [4.69, 9.17) is 11.6 Å². The molecule has 0 amide bonds. The third-order valence-corrected chi connectivity index (χ3v) is 3.99. The van der Waals surface area contributed by atoms with E-state index in [1.54, 1.807) is 12.1 Å². The van der Waals surface area contributed by atoms with Crippen LogP contribution in [-0.4, -0.2) is 37.6 Å². The first-order valence-electron chi connectivity index (χ1n) is 7.13. The van der Waals surface area contributed by atoms with Gasteiger partial charge in [0.05, 0.1) is 0 Å². The smallest absolute Gasteiger partial charge is 0.127 e. The number of hydrogen-bond acceptors (Lipinski definition) is 2. The molecule has 2 nitrogen and oxygen atoms in total. The first kappa shape index (κ1) is 14.8. The highest BCUT2D eigenvalue weighted by molar-refractivity contribution is 6.31. The molecule has 0 spiro atoms. The van der Waals surface area contributed by atoms with Crippen molar-refractivity contribution in [3.05, 3.63) is 34.6 Å². The summed E-state index contributed by atoms with van der Waals surface area (Å²) in [5.74, 6) is -0.202. The van der Waals surface area contributed by atoms with Crippen molar-refractivity contribution < 1.29 is 4.39 Å². The molecule has 1 aliphatic heterocycles. The van der Waals surface area contributed by atoms with Gasteiger partial charge in [-0.3, -0.25) is 0 Å². The molecule has 4 heteroatoms. The predicted octanol–water partition coefficient (Wildman–Crippen LogP) is 3.10. The van der Waals surface area contributed by atoms with Crippen molar-refractivity contribution >= 4 is 11.6 Å². The summed E-state index contributed by atoms with van der Waals surface area (Å²) >= 11 is 5.98. The molecular weight excluding hydrogens is 263 g/mol. The normalized spacial score (nSPS) is 16.1. The lowest BCUT2D eigenvalue weighted by Gasteiger charge is -2.14. The fourth-order valence-electron chi connectivity index (χ4n) is 2.54. The van der Waals surface area contributed by atoms with Crippen LogP contribution in [0, 0.1) is 5.82 Å². The monoisotopic (exact) mass is 284 g/mol. The van der Waals surface area contributed by atoms with Gasteiger partial charge in [0.15, 0.2) is 0 Å². The summed E-state index contributed by atoms with van der Waals surface area (Å²) in [7, 11) is 0. The molecule has 1 aromatic rings. The second kappa shape index (κ2) is 7.83. The van der Waals surface area contributed by atoms with Crippen LogP contribution in [0.25, 0.3) is 0 Å². The fraction of sp³-hybridized carbons (Fsp3) is 0.600. The number of nitrogens with one attached hydrogen (secondary N) is 1. The van der Waals surface area contributed by atoms with Crippen LogP contribution in [-0.2, 0) is 6.42 Å². The van der Waals surface area contributed by atoms with Crippen molar-refractivity contribution in [1.29, 1.82) is 0 Å². The number of benzene rings is 1. The summed E-state index contributed by atoms with van der Waals surface area (Å²) < 4.78 is 13.5. The van der Waals surface area contributed by atoms with Gasteiger partial charge < -0.3 is 10.2 Å². The first-order valence-corrected chi connectivity index (χ1v) is 7.51. The standard InChI is InChI=1S/C15H22ClFN2/c16-14-5-3-6-15(17)13(14)7-9-18-8-4-12-19-10-1-2-11-19/h3,5-6,18H,1-2,4,7-12H2. The number of nitrogens with zero attached hydrogens (tertiary/aromatic N) is 1. The SMILES string of the molecule is Fc1cccc(Cl)c1CCNCCCN1CCCC1. The van der Waals surface area contributed by atoms with Gasteiger partial charge in [-0.15, -0.1) is 0 Å². The Kier molecular flexibility index (Phi) is 6.08. The molecule has 0 saturated carbocycles. The molecule has 0 aliphatic carbocycles. The highest BCUT2D eigenvalue weighted by Gasteiger charge is 2.10. The lowest BCUT2D eigenvalue weighted by molar-refractivity contribution is 0.331. The number of halogens is 2. The molecule has 106 valence electrons. The van der Waals surface area contributed by atoms with E-state index in [9.17, 15) is 4.39 Å². The average Bonchev–Trinajstić information content (AvgIpc) is 2.89. The van der Waals surface area contributed by atoms with Gasteiger partial charge in [0.2, 0.25) is 0 Å². The third kappa shape index (κ3) is 4.75. The summed E-state index contributed by atoms with van der Waals surface area (Å²) in [5.41, 5.74) is 0.621. The van der Waals surface area contributed by atoms with E-state index in [1.165, 1.54) is 38.5 Å². The van der Waals surface area contributed by atoms with Crippen LogP contribution in [0.15, 0.2) is 18.2 Å². The van der Waals surface area contributed by atoms with Crippen molar-refractivity contribution in [2.24, 2.45) is 0 Å². The molecule has 0 radical (unpaired) electrons. The Morgan fingerprint density at radius 2 is 2.00 bits per heavy atom. The molecule has 1 aromatic carbocycles. The van der Waals surface area contributed by atoms with Gasteiger partial charge in [0.25, 0.3) is 0 Å². The van der Waals surface area contributed by atoms with Crippen LogP contribution in [0.2, 0.25) is 5.02 Å². The zero-order chi connectivity index (χ0) is 13.5. The van der Waals surface area contributed by atoms with Gasteiger partial charge >= 0.3 is 0 Å². The lowest BCUT2D eigenvalue weighted by atomic mass is 10.1. The molecule has 1 heterocycles. The van der Waals surface area contributed by atoms with Crippen LogP contribution in [0.1, 0.15) is 24.8 Å². The Bertz CT molecular complexity index is 371. The van der Waals surface area contributed by atoms with Gasteiger partial charge in [-0.25, -0.2) is 4.39 Å². The molecule has 1 fully saturated rings. The second-order valence-corrected chi connectivity index (χ2v) is 5.51. The fourth-order valence-corrected chi connectivity index (χ4v) is 2.80. The average molecular weight is 285 g/mol. The van der Waals surface area contributed by atoms with E-state index in [-0.39, 0.29) is 5.82 Å². The minimum Gasteiger partial charge on any atom is -0.316 e. The minimum absolute atomic E-state index is 0.202. The molecule has 2 rings (SSSR count). The minimum atomic E-state index is -0.202. The maximum absolute atomic E-state index is 13.5. The first-order chi connectivity index (χ1) is 9.27. The van der Waals surface area contributed by atoms with Crippen molar-refractivity contribution in [2.45, 2.75) is 25.7 Å². The van der Waals surface area contributed by atoms with Crippen molar-refractivity contribution in [3.8, 4) is 0 Å². The molecule has 1 N–H and O–H groups in total. The molecule has 0 atom stereocenters. The lowest BCUT2D eigenvalue weighted by Crippen LogP contribution is -2.26. The van der Waals surface area contributed by atoms with Gasteiger partial charge in [0, 0.05) is 10.6 Å². The van der Waals surface area contributed by atoms with Crippen LogP contribution in [0.4, 0.5) is 4.39 Å². The molecule has 0 aromatic heterocycles. The number of rotatable bonds is 7. The van der Waals surface area contributed by atoms with E-state index < -0.39 is 0 Å². The predicted molar refractivity (Wildman–Crippen MR) is 78.3 cm³/mol. The van der Waals surface area contributed by atoms with Crippen LogP contribution in [0.5, 0.6) is 0 Å². The summed E-state index contributed by atoms with van der Waals surface area (Å²) in [6.07, 6.45) is 4.50.